The van der Waals surface area contributed by atoms with Crippen LogP contribution < -0.4 is 5.32 Å². The third-order valence-corrected chi connectivity index (χ3v) is 4.46. The van der Waals surface area contributed by atoms with E-state index in [0.29, 0.717) is 6.42 Å². The molecule has 0 spiro atoms. The predicted octanol–water partition coefficient (Wildman–Crippen LogP) is 1.85. The van der Waals surface area contributed by atoms with Gasteiger partial charge in [0.05, 0.1) is 23.1 Å². The predicted molar refractivity (Wildman–Crippen MR) is 77.4 cm³/mol. The fourth-order valence-corrected chi connectivity index (χ4v) is 3.51. The molecule has 4 atom stereocenters. The Hall–Kier alpha value is -2.63. The zero-order valence-corrected chi connectivity index (χ0v) is 11.6. The first-order valence-electron chi connectivity index (χ1n) is 7.03. The van der Waals surface area contributed by atoms with Crippen LogP contribution in [0.15, 0.2) is 36.4 Å². The van der Waals surface area contributed by atoms with Crippen molar-refractivity contribution >= 4 is 23.5 Å². The number of fused-ring (bicyclic) bond motifs is 2. The molecule has 1 fully saturated rings. The van der Waals surface area contributed by atoms with E-state index in [4.69, 9.17) is 5.11 Å². The number of nitrogens with one attached hydrogen (secondary N) is 1. The Balaban J connectivity index is 1.85. The zero-order chi connectivity index (χ0) is 15.9. The number of aromatic carboxylic acids is 1. The van der Waals surface area contributed by atoms with E-state index in [-0.39, 0.29) is 23.1 Å². The highest BCUT2D eigenvalue weighted by Crippen LogP contribution is 2.48. The lowest BCUT2D eigenvalue weighted by atomic mass is 9.82. The van der Waals surface area contributed by atoms with Crippen LogP contribution in [0.4, 0.5) is 5.69 Å². The topological polar surface area (TPSA) is 104 Å². The average molecular weight is 301 g/mol. The minimum atomic E-state index is -1.14. The van der Waals surface area contributed by atoms with E-state index in [1.807, 2.05) is 12.2 Å². The number of hydrogen-bond donors (Lipinski definition) is 3. The first kappa shape index (κ1) is 14.3. The normalized spacial score (nSPS) is 28.5. The van der Waals surface area contributed by atoms with Crippen LogP contribution in [-0.2, 0) is 9.59 Å². The molecule has 22 heavy (non-hydrogen) atoms. The molecule has 0 saturated heterocycles. The van der Waals surface area contributed by atoms with E-state index in [2.05, 4.69) is 5.32 Å². The molecule has 0 aliphatic heterocycles. The van der Waals surface area contributed by atoms with Crippen molar-refractivity contribution in [3.8, 4) is 0 Å². The van der Waals surface area contributed by atoms with Crippen LogP contribution in [0.2, 0.25) is 0 Å². The number of allylic oxidation sites excluding steroid dienone is 2. The van der Waals surface area contributed by atoms with Crippen molar-refractivity contribution in [2.45, 2.75) is 6.42 Å². The third-order valence-electron chi connectivity index (χ3n) is 4.46. The summed E-state index contributed by atoms with van der Waals surface area (Å²) < 4.78 is 0. The third kappa shape index (κ3) is 2.26. The number of carboxylic acids is 2. The quantitative estimate of drug-likeness (QED) is 0.736. The minimum Gasteiger partial charge on any atom is -0.481 e. The van der Waals surface area contributed by atoms with E-state index in [1.165, 1.54) is 12.1 Å². The molecule has 0 heterocycles. The Morgan fingerprint density at radius 2 is 1.64 bits per heavy atom. The summed E-state index contributed by atoms with van der Waals surface area (Å²) in [7, 11) is 0. The summed E-state index contributed by atoms with van der Waals surface area (Å²) in [5, 5.41) is 21.1. The van der Waals surface area contributed by atoms with Crippen molar-refractivity contribution in [3.05, 3.63) is 42.0 Å². The van der Waals surface area contributed by atoms with Crippen molar-refractivity contribution in [2.75, 3.05) is 5.32 Å². The highest BCUT2D eigenvalue weighted by Gasteiger charge is 2.51. The van der Waals surface area contributed by atoms with Crippen LogP contribution in [0.1, 0.15) is 16.8 Å². The van der Waals surface area contributed by atoms with Crippen molar-refractivity contribution in [3.63, 3.8) is 0 Å². The number of hydrogen-bond acceptors (Lipinski definition) is 3. The lowest BCUT2D eigenvalue weighted by Crippen LogP contribution is -2.36. The van der Waals surface area contributed by atoms with Crippen molar-refractivity contribution in [2.24, 2.45) is 23.7 Å². The van der Waals surface area contributed by atoms with Gasteiger partial charge in [-0.05, 0) is 30.4 Å². The van der Waals surface area contributed by atoms with Gasteiger partial charge in [0.15, 0.2) is 0 Å². The molecule has 1 aromatic rings. The Morgan fingerprint density at radius 1 is 1.00 bits per heavy atom. The van der Waals surface area contributed by atoms with Gasteiger partial charge < -0.3 is 15.5 Å². The monoisotopic (exact) mass is 301 g/mol. The Morgan fingerprint density at radius 3 is 2.27 bits per heavy atom. The number of carbonyl (C=O) groups is 3. The van der Waals surface area contributed by atoms with Gasteiger partial charge in [-0.25, -0.2) is 4.79 Å². The second kappa shape index (κ2) is 5.29. The number of amides is 1. The number of rotatable bonds is 4. The van der Waals surface area contributed by atoms with Crippen molar-refractivity contribution < 1.29 is 24.6 Å². The van der Waals surface area contributed by atoms with E-state index in [1.54, 1.807) is 12.1 Å². The standard InChI is InChI=1S/C16H15NO5/c18-14(17-11-4-2-1-3-10(11)15(19)20)12-8-5-6-9(7-8)13(12)16(21)22/h1-6,8-9,12-13H,7H2,(H,17,18)(H,19,20)(H,21,22)/t8-,9-,12-,13-/m0/s1. The van der Waals surface area contributed by atoms with Gasteiger partial charge >= 0.3 is 11.9 Å². The maximum Gasteiger partial charge on any atom is 0.337 e. The molecule has 2 aliphatic carbocycles. The summed E-state index contributed by atoms with van der Waals surface area (Å²) >= 11 is 0. The molecule has 3 rings (SSSR count). The highest BCUT2D eigenvalue weighted by atomic mass is 16.4. The van der Waals surface area contributed by atoms with Gasteiger partial charge in [0.25, 0.3) is 0 Å². The molecule has 0 unspecified atom stereocenters. The maximum absolute atomic E-state index is 12.5. The largest absolute Gasteiger partial charge is 0.481 e. The number of carbonyl (C=O) groups excluding carboxylic acids is 1. The maximum atomic E-state index is 12.5. The van der Waals surface area contributed by atoms with Crippen LogP contribution in [0.3, 0.4) is 0 Å². The summed E-state index contributed by atoms with van der Waals surface area (Å²) in [6, 6.07) is 6.09. The summed E-state index contributed by atoms with van der Waals surface area (Å²) in [5.41, 5.74) is 0.178. The van der Waals surface area contributed by atoms with E-state index >= 15 is 0 Å². The first-order chi connectivity index (χ1) is 10.5. The number of anilines is 1. The average Bonchev–Trinajstić information content (AvgIpc) is 3.08. The molecule has 0 aromatic heterocycles. The smallest absolute Gasteiger partial charge is 0.337 e. The molecule has 3 N–H and O–H groups in total. The van der Waals surface area contributed by atoms with Crippen LogP contribution in [0.25, 0.3) is 0 Å². The Kier molecular flexibility index (Phi) is 3.44. The van der Waals surface area contributed by atoms with Crippen molar-refractivity contribution in [1.82, 2.24) is 0 Å². The number of para-hydroxylation sites is 1. The molecule has 1 saturated carbocycles. The first-order valence-corrected chi connectivity index (χ1v) is 7.03. The van der Waals surface area contributed by atoms with Crippen LogP contribution in [0.5, 0.6) is 0 Å². The molecule has 1 amide bonds. The van der Waals surface area contributed by atoms with Gasteiger partial charge in [-0.15, -0.1) is 0 Å². The van der Waals surface area contributed by atoms with Crippen LogP contribution in [-0.4, -0.2) is 28.1 Å². The molecule has 2 aliphatic rings. The zero-order valence-electron chi connectivity index (χ0n) is 11.6. The molecule has 114 valence electrons. The summed E-state index contributed by atoms with van der Waals surface area (Å²) in [4.78, 5) is 35.1. The summed E-state index contributed by atoms with van der Waals surface area (Å²) in [6.45, 7) is 0. The number of benzene rings is 1. The summed E-state index contributed by atoms with van der Waals surface area (Å²) in [5.74, 6) is -4.17. The SMILES string of the molecule is O=C(O)c1ccccc1NC(=O)[C@@H]1[C@@H](C(=O)O)[C@H]2C=C[C@H]1C2. The number of aliphatic carboxylic acids is 1. The van der Waals surface area contributed by atoms with Crippen LogP contribution >= 0.6 is 0 Å². The molecule has 1 aromatic carbocycles. The highest BCUT2D eigenvalue weighted by molar-refractivity contribution is 6.02. The van der Waals surface area contributed by atoms with Crippen molar-refractivity contribution in [1.29, 1.82) is 0 Å². The molecule has 0 radical (unpaired) electrons. The lowest BCUT2D eigenvalue weighted by molar-refractivity contribution is -0.146. The van der Waals surface area contributed by atoms with Gasteiger partial charge in [-0.3, -0.25) is 9.59 Å². The molecule has 6 heteroatoms. The molecular formula is C16H15NO5. The van der Waals surface area contributed by atoms with E-state index in [9.17, 15) is 19.5 Å². The molecule has 2 bridgehead atoms. The van der Waals surface area contributed by atoms with E-state index in [0.717, 1.165) is 0 Å². The van der Waals surface area contributed by atoms with Gasteiger partial charge in [-0.2, -0.15) is 0 Å². The van der Waals surface area contributed by atoms with Crippen LogP contribution in [0, 0.1) is 23.7 Å². The van der Waals surface area contributed by atoms with Gasteiger partial charge in [0.1, 0.15) is 0 Å². The fraction of sp³-hybridized carbons (Fsp3) is 0.312. The second-order valence-corrected chi connectivity index (χ2v) is 5.68. The summed E-state index contributed by atoms with van der Waals surface area (Å²) in [6.07, 6.45) is 4.41. The van der Waals surface area contributed by atoms with Gasteiger partial charge in [-0.1, -0.05) is 24.3 Å². The number of carboxylic acid groups (broad SMARTS) is 2. The van der Waals surface area contributed by atoms with Gasteiger partial charge in [0, 0.05) is 0 Å². The molecule has 6 nitrogen and oxygen atoms in total. The Bertz CT molecular complexity index is 681. The van der Waals surface area contributed by atoms with E-state index < -0.39 is 29.7 Å². The fourth-order valence-electron chi connectivity index (χ4n) is 3.51. The Labute approximate surface area is 126 Å². The molecular weight excluding hydrogens is 286 g/mol. The van der Waals surface area contributed by atoms with Gasteiger partial charge in [0.2, 0.25) is 5.91 Å². The lowest BCUT2D eigenvalue weighted by Gasteiger charge is -2.24. The minimum absolute atomic E-state index is 0.0126. The second-order valence-electron chi connectivity index (χ2n) is 5.68.